The number of nitrogens with zero attached hydrogens (tertiary/aromatic N) is 1. The zero-order chi connectivity index (χ0) is 23.3. The number of hydrogen-bond donors (Lipinski definition) is 1. The van der Waals surface area contributed by atoms with Crippen LogP contribution in [0.1, 0.15) is 88.6 Å². The average Bonchev–Trinajstić information content (AvgIpc) is 3.12. The normalized spacial score (nSPS) is 12.0. The maximum atomic E-state index is 6.06. The lowest BCUT2D eigenvalue weighted by Crippen LogP contribution is -2.30. The molecule has 2 aromatic carbocycles. The first kappa shape index (κ1) is 24.5. The smallest absolute Gasteiger partial charge is 0.130 e. The third-order valence-electron chi connectivity index (χ3n) is 6.42. The van der Waals surface area contributed by atoms with E-state index in [1.54, 1.807) is 0 Å². The molecule has 0 aliphatic rings. The minimum Gasteiger partial charge on any atom is -0.300 e. The number of H-pyrrole nitrogens is 1. The van der Waals surface area contributed by atoms with Gasteiger partial charge in [-0.05, 0) is 62.6 Å². The van der Waals surface area contributed by atoms with Crippen LogP contribution in [-0.2, 0) is 18.4 Å². The number of aromatic amines is 1. The number of aryl methyl sites for hydroxylation is 2. The third kappa shape index (κ3) is 5.81. The SMILES string of the molecule is CCCCCCc1ccc(-c2c(C(C)C)[nH]n(C(C)(C)Cc3ccc(C)cc3)c2=S)cc1. The highest BCUT2D eigenvalue weighted by atomic mass is 32.1. The Morgan fingerprint density at radius 2 is 1.53 bits per heavy atom. The highest BCUT2D eigenvalue weighted by Gasteiger charge is 2.26. The van der Waals surface area contributed by atoms with Crippen LogP contribution in [0.2, 0.25) is 0 Å². The molecule has 0 spiro atoms. The molecule has 0 bridgehead atoms. The lowest BCUT2D eigenvalue weighted by Gasteiger charge is -2.27. The highest BCUT2D eigenvalue weighted by Crippen LogP contribution is 2.33. The minimum absolute atomic E-state index is 0.145. The highest BCUT2D eigenvalue weighted by molar-refractivity contribution is 7.71. The Morgan fingerprint density at radius 3 is 2.12 bits per heavy atom. The standard InChI is InChI=1S/C29H40N2S/c1-7-8-9-10-11-23-16-18-25(19-17-23)26-27(21(2)3)30-31(28(26)32)29(5,6)20-24-14-12-22(4)13-15-24/h12-19,21,30H,7-11,20H2,1-6H3. The van der Waals surface area contributed by atoms with Crippen LogP contribution in [0, 0.1) is 11.6 Å². The summed E-state index contributed by atoms with van der Waals surface area (Å²) in [4.78, 5) is 0. The first-order valence-electron chi connectivity index (χ1n) is 12.2. The van der Waals surface area contributed by atoms with Gasteiger partial charge in [0.1, 0.15) is 4.64 Å². The van der Waals surface area contributed by atoms with Crippen molar-refractivity contribution in [3.05, 3.63) is 75.6 Å². The molecule has 3 heteroatoms. The van der Waals surface area contributed by atoms with Gasteiger partial charge in [-0.15, -0.1) is 0 Å². The number of hydrogen-bond acceptors (Lipinski definition) is 1. The summed E-state index contributed by atoms with van der Waals surface area (Å²) in [5.41, 5.74) is 7.53. The zero-order valence-electron chi connectivity index (χ0n) is 20.8. The lowest BCUT2D eigenvalue weighted by atomic mass is 9.94. The van der Waals surface area contributed by atoms with Gasteiger partial charge in [0.05, 0.1) is 5.54 Å². The maximum absolute atomic E-state index is 6.06. The van der Waals surface area contributed by atoms with E-state index in [4.69, 9.17) is 12.2 Å². The summed E-state index contributed by atoms with van der Waals surface area (Å²) in [5, 5.41) is 3.70. The van der Waals surface area contributed by atoms with Crippen molar-refractivity contribution < 1.29 is 0 Å². The molecule has 32 heavy (non-hydrogen) atoms. The average molecular weight is 449 g/mol. The van der Waals surface area contributed by atoms with Crippen LogP contribution < -0.4 is 0 Å². The van der Waals surface area contributed by atoms with Gasteiger partial charge in [0, 0.05) is 11.3 Å². The van der Waals surface area contributed by atoms with E-state index in [-0.39, 0.29) is 5.54 Å². The Kier molecular flexibility index (Phi) is 8.16. The van der Waals surface area contributed by atoms with Gasteiger partial charge in [-0.3, -0.25) is 4.68 Å². The van der Waals surface area contributed by atoms with Crippen LogP contribution in [0.4, 0.5) is 0 Å². The van der Waals surface area contributed by atoms with Crippen molar-refractivity contribution >= 4 is 12.2 Å². The van der Waals surface area contributed by atoms with E-state index >= 15 is 0 Å². The van der Waals surface area contributed by atoms with Gasteiger partial charge in [-0.1, -0.05) is 106 Å². The summed E-state index contributed by atoms with van der Waals surface area (Å²) in [6.45, 7) is 13.4. The third-order valence-corrected chi connectivity index (χ3v) is 6.81. The second-order valence-corrected chi connectivity index (χ2v) is 10.6. The van der Waals surface area contributed by atoms with Crippen molar-refractivity contribution in [1.29, 1.82) is 0 Å². The molecule has 0 radical (unpaired) electrons. The minimum atomic E-state index is -0.145. The topological polar surface area (TPSA) is 20.7 Å². The molecule has 0 atom stereocenters. The van der Waals surface area contributed by atoms with Crippen LogP contribution >= 0.6 is 12.2 Å². The molecule has 1 N–H and O–H groups in total. The Balaban J connectivity index is 1.90. The summed E-state index contributed by atoms with van der Waals surface area (Å²) >= 11 is 6.06. The Morgan fingerprint density at radius 1 is 0.906 bits per heavy atom. The van der Waals surface area contributed by atoms with Crippen LogP contribution in [0.25, 0.3) is 11.1 Å². The predicted octanol–water partition coefficient (Wildman–Crippen LogP) is 8.75. The van der Waals surface area contributed by atoms with Gasteiger partial charge in [0.15, 0.2) is 0 Å². The molecule has 1 heterocycles. The predicted molar refractivity (Wildman–Crippen MR) is 141 cm³/mol. The Hall–Kier alpha value is -2.13. The van der Waals surface area contributed by atoms with Gasteiger partial charge in [-0.25, -0.2) is 0 Å². The second kappa shape index (κ2) is 10.7. The maximum Gasteiger partial charge on any atom is 0.130 e. The van der Waals surface area contributed by atoms with E-state index < -0.39 is 0 Å². The number of unbranched alkanes of at least 4 members (excludes halogenated alkanes) is 3. The monoisotopic (exact) mass is 448 g/mol. The fourth-order valence-electron chi connectivity index (χ4n) is 4.46. The molecule has 3 rings (SSSR count). The molecule has 0 unspecified atom stereocenters. The van der Waals surface area contributed by atoms with Crippen LogP contribution in [0.3, 0.4) is 0 Å². The van der Waals surface area contributed by atoms with Gasteiger partial charge in [0.25, 0.3) is 0 Å². The molecule has 0 saturated heterocycles. The molecule has 0 saturated carbocycles. The summed E-state index contributed by atoms with van der Waals surface area (Å²) in [7, 11) is 0. The molecule has 0 aliphatic carbocycles. The van der Waals surface area contributed by atoms with Gasteiger partial charge in [-0.2, -0.15) is 0 Å². The van der Waals surface area contributed by atoms with Crippen LogP contribution in [0.5, 0.6) is 0 Å². The molecule has 1 aromatic heterocycles. The van der Waals surface area contributed by atoms with Gasteiger partial charge < -0.3 is 5.10 Å². The van der Waals surface area contributed by atoms with Crippen molar-refractivity contribution in [2.75, 3.05) is 0 Å². The van der Waals surface area contributed by atoms with Crippen molar-refractivity contribution in [3.63, 3.8) is 0 Å². The van der Waals surface area contributed by atoms with E-state index in [2.05, 4.69) is 99.9 Å². The summed E-state index contributed by atoms with van der Waals surface area (Å²) in [6.07, 6.45) is 7.29. The van der Waals surface area contributed by atoms with E-state index in [1.165, 1.54) is 59.2 Å². The molecule has 0 fully saturated rings. The number of aromatic nitrogens is 2. The lowest BCUT2D eigenvalue weighted by molar-refractivity contribution is 0.311. The summed E-state index contributed by atoms with van der Waals surface area (Å²) < 4.78 is 3.12. The van der Waals surface area contributed by atoms with Gasteiger partial charge >= 0.3 is 0 Å². The van der Waals surface area contributed by atoms with Crippen molar-refractivity contribution in [2.24, 2.45) is 0 Å². The zero-order valence-corrected chi connectivity index (χ0v) is 21.6. The Bertz CT molecular complexity index is 1050. The molecule has 0 amide bonds. The van der Waals surface area contributed by atoms with E-state index in [0.717, 1.165) is 17.5 Å². The van der Waals surface area contributed by atoms with Crippen LogP contribution in [-0.4, -0.2) is 9.78 Å². The summed E-state index contributed by atoms with van der Waals surface area (Å²) in [6, 6.07) is 17.9. The van der Waals surface area contributed by atoms with Crippen molar-refractivity contribution in [3.8, 4) is 11.1 Å². The first-order valence-corrected chi connectivity index (χ1v) is 12.6. The van der Waals surface area contributed by atoms with E-state index in [9.17, 15) is 0 Å². The summed E-state index contributed by atoms with van der Waals surface area (Å²) in [5.74, 6) is 0.372. The number of rotatable bonds is 10. The van der Waals surface area contributed by atoms with E-state index in [1.807, 2.05) is 0 Å². The van der Waals surface area contributed by atoms with E-state index in [0.29, 0.717) is 5.92 Å². The molecule has 3 aromatic rings. The quantitative estimate of drug-likeness (QED) is 0.243. The van der Waals surface area contributed by atoms with Crippen LogP contribution in [0.15, 0.2) is 48.5 Å². The molecular formula is C29H40N2S. The second-order valence-electron chi connectivity index (χ2n) is 10.2. The largest absolute Gasteiger partial charge is 0.300 e. The molecule has 2 nitrogen and oxygen atoms in total. The molecular weight excluding hydrogens is 408 g/mol. The van der Waals surface area contributed by atoms with Gasteiger partial charge in [0.2, 0.25) is 0 Å². The molecule has 0 aliphatic heterocycles. The first-order chi connectivity index (χ1) is 15.2. The van der Waals surface area contributed by atoms with Crippen molar-refractivity contribution in [2.45, 2.75) is 91.5 Å². The number of benzene rings is 2. The Labute approximate surface area is 200 Å². The molecule has 172 valence electrons. The fraction of sp³-hybridized carbons (Fsp3) is 0.483. The van der Waals surface area contributed by atoms with Crippen molar-refractivity contribution in [1.82, 2.24) is 9.78 Å². The fourth-order valence-corrected chi connectivity index (χ4v) is 4.98. The number of nitrogens with one attached hydrogen (secondary N) is 1.